The van der Waals surface area contributed by atoms with Gasteiger partial charge >= 0.3 is 0 Å². The quantitative estimate of drug-likeness (QED) is 0.840. The van der Waals surface area contributed by atoms with Crippen molar-refractivity contribution in [3.63, 3.8) is 0 Å². The Morgan fingerprint density at radius 2 is 2.00 bits per heavy atom. The Morgan fingerprint density at radius 3 is 2.70 bits per heavy atom. The number of nitrogens with zero attached hydrogens (tertiary/aromatic N) is 3. The molecule has 2 aromatic rings. The molecule has 148 valence electrons. The molecule has 0 bridgehead atoms. The van der Waals surface area contributed by atoms with Crippen LogP contribution in [0.2, 0.25) is 0 Å². The van der Waals surface area contributed by atoms with Gasteiger partial charge < -0.3 is 19.2 Å². The van der Waals surface area contributed by atoms with Crippen LogP contribution in [0.3, 0.4) is 0 Å². The zero-order valence-electron chi connectivity index (χ0n) is 17.1. The van der Waals surface area contributed by atoms with Gasteiger partial charge in [-0.15, -0.1) is 0 Å². The molecule has 1 fully saturated rings. The molecule has 1 aliphatic heterocycles. The Morgan fingerprint density at radius 1 is 1.22 bits per heavy atom. The maximum absolute atomic E-state index is 9.29. The van der Waals surface area contributed by atoms with Gasteiger partial charge in [0.1, 0.15) is 11.5 Å². The number of oxazole rings is 1. The van der Waals surface area contributed by atoms with Crippen LogP contribution in [0.4, 0.5) is 0 Å². The predicted octanol–water partition coefficient (Wildman–Crippen LogP) is 2.77. The second-order valence-corrected chi connectivity index (χ2v) is 7.47. The van der Waals surface area contributed by atoms with Gasteiger partial charge in [0.25, 0.3) is 0 Å². The Labute approximate surface area is 161 Å². The molecule has 0 spiro atoms. The Hall–Kier alpha value is -1.89. The summed E-state index contributed by atoms with van der Waals surface area (Å²) in [6.07, 6.45) is 0.806. The molecule has 0 saturated carbocycles. The van der Waals surface area contributed by atoms with Gasteiger partial charge in [0.15, 0.2) is 0 Å². The number of aliphatic hydroxyl groups excluding tert-OH is 1. The van der Waals surface area contributed by atoms with Crippen LogP contribution in [0.5, 0.6) is 5.75 Å². The lowest BCUT2D eigenvalue weighted by Gasteiger charge is -2.39. The van der Waals surface area contributed by atoms with Crippen LogP contribution in [0.25, 0.3) is 11.5 Å². The van der Waals surface area contributed by atoms with Crippen molar-refractivity contribution in [1.29, 1.82) is 0 Å². The highest BCUT2D eigenvalue weighted by Crippen LogP contribution is 2.32. The summed E-state index contributed by atoms with van der Waals surface area (Å²) in [6, 6.07) is 4.38. The summed E-state index contributed by atoms with van der Waals surface area (Å²) in [5, 5.41) is 9.29. The van der Waals surface area contributed by atoms with E-state index in [0.29, 0.717) is 11.9 Å². The van der Waals surface area contributed by atoms with Crippen molar-refractivity contribution in [2.24, 2.45) is 0 Å². The lowest BCUT2D eigenvalue weighted by atomic mass is 10.0. The molecular formula is C21H31N3O3. The van der Waals surface area contributed by atoms with Crippen molar-refractivity contribution in [1.82, 2.24) is 14.8 Å². The lowest BCUT2D eigenvalue weighted by Crippen LogP contribution is -2.51. The van der Waals surface area contributed by atoms with Crippen LogP contribution >= 0.6 is 0 Å². The molecule has 3 rings (SSSR count). The van der Waals surface area contributed by atoms with Gasteiger partial charge in [-0.25, -0.2) is 4.98 Å². The van der Waals surface area contributed by atoms with Crippen LogP contribution in [0.1, 0.15) is 29.0 Å². The number of hydrogen-bond donors (Lipinski definition) is 1. The Kier molecular flexibility index (Phi) is 6.19. The molecule has 1 atom stereocenters. The first-order chi connectivity index (χ1) is 12.9. The SMILES string of the molecule is COc1ccc(-c2nc(CN3CCN(C)[C@@H](CCO)C3)c(C)o2)c(C)c1C. The third-order valence-electron chi connectivity index (χ3n) is 5.78. The van der Waals surface area contributed by atoms with Crippen molar-refractivity contribution in [2.45, 2.75) is 39.8 Å². The van der Waals surface area contributed by atoms with Crippen LogP contribution in [-0.2, 0) is 6.54 Å². The van der Waals surface area contributed by atoms with E-state index in [2.05, 4.69) is 30.7 Å². The molecule has 0 amide bonds. The number of rotatable bonds is 6. The number of aryl methyl sites for hydroxylation is 1. The van der Waals surface area contributed by atoms with E-state index in [4.69, 9.17) is 14.1 Å². The Bertz CT molecular complexity index is 787. The molecular weight excluding hydrogens is 342 g/mol. The van der Waals surface area contributed by atoms with Gasteiger partial charge in [-0.05, 0) is 57.5 Å². The second kappa shape index (κ2) is 8.42. The minimum Gasteiger partial charge on any atom is -0.496 e. The van der Waals surface area contributed by atoms with E-state index in [1.165, 1.54) is 0 Å². The summed E-state index contributed by atoms with van der Waals surface area (Å²) in [6.45, 7) is 10.1. The lowest BCUT2D eigenvalue weighted by molar-refractivity contribution is 0.0734. The van der Waals surface area contributed by atoms with Gasteiger partial charge in [0, 0.05) is 44.4 Å². The van der Waals surface area contributed by atoms with Crippen LogP contribution in [0, 0.1) is 20.8 Å². The molecule has 1 aromatic heterocycles. The van der Waals surface area contributed by atoms with E-state index in [-0.39, 0.29) is 6.61 Å². The van der Waals surface area contributed by atoms with Gasteiger partial charge in [-0.3, -0.25) is 4.90 Å². The van der Waals surface area contributed by atoms with E-state index < -0.39 is 0 Å². The highest BCUT2D eigenvalue weighted by Gasteiger charge is 2.25. The number of piperazine rings is 1. The average Bonchev–Trinajstić information content (AvgIpc) is 3.00. The summed E-state index contributed by atoms with van der Waals surface area (Å²) >= 11 is 0. The number of likely N-dealkylation sites (N-methyl/N-ethyl adjacent to an activating group) is 1. The van der Waals surface area contributed by atoms with Gasteiger partial charge in [-0.2, -0.15) is 0 Å². The van der Waals surface area contributed by atoms with Crippen molar-refractivity contribution in [3.05, 3.63) is 34.7 Å². The van der Waals surface area contributed by atoms with E-state index in [1.54, 1.807) is 7.11 Å². The van der Waals surface area contributed by atoms with E-state index in [0.717, 1.165) is 66.5 Å². The van der Waals surface area contributed by atoms with Crippen LogP contribution in [0.15, 0.2) is 16.5 Å². The number of hydrogen-bond acceptors (Lipinski definition) is 6. The monoisotopic (exact) mass is 373 g/mol. The number of methoxy groups -OCH3 is 1. The molecule has 6 heteroatoms. The van der Waals surface area contributed by atoms with Gasteiger partial charge in [-0.1, -0.05) is 0 Å². The van der Waals surface area contributed by atoms with E-state index in [9.17, 15) is 5.11 Å². The molecule has 1 aromatic carbocycles. The fraction of sp³-hybridized carbons (Fsp3) is 0.571. The summed E-state index contributed by atoms with van der Waals surface area (Å²) in [5.41, 5.74) is 4.24. The molecule has 1 aliphatic rings. The maximum Gasteiger partial charge on any atom is 0.226 e. The molecule has 0 aliphatic carbocycles. The largest absolute Gasteiger partial charge is 0.496 e. The molecule has 27 heavy (non-hydrogen) atoms. The first-order valence-electron chi connectivity index (χ1n) is 9.59. The Balaban J connectivity index is 1.78. The van der Waals surface area contributed by atoms with Crippen LogP contribution < -0.4 is 4.74 Å². The minimum atomic E-state index is 0.228. The summed E-state index contributed by atoms with van der Waals surface area (Å²) < 4.78 is 11.4. The van der Waals surface area contributed by atoms with Crippen molar-refractivity contribution in [2.75, 3.05) is 40.4 Å². The second-order valence-electron chi connectivity index (χ2n) is 7.47. The van der Waals surface area contributed by atoms with E-state index in [1.807, 2.05) is 19.1 Å². The molecule has 1 N–H and O–H groups in total. The minimum absolute atomic E-state index is 0.228. The van der Waals surface area contributed by atoms with Crippen LogP contribution in [-0.4, -0.2) is 66.3 Å². The van der Waals surface area contributed by atoms with E-state index >= 15 is 0 Å². The number of aromatic nitrogens is 1. The molecule has 6 nitrogen and oxygen atoms in total. The van der Waals surface area contributed by atoms with Gasteiger partial charge in [0.2, 0.25) is 5.89 Å². The van der Waals surface area contributed by atoms with Crippen molar-refractivity contribution in [3.8, 4) is 17.2 Å². The summed E-state index contributed by atoms with van der Waals surface area (Å²) in [5.74, 6) is 2.43. The number of benzene rings is 1. The normalized spacial score (nSPS) is 18.8. The molecule has 2 heterocycles. The third kappa shape index (κ3) is 4.18. The first-order valence-corrected chi connectivity index (χ1v) is 9.59. The standard InChI is InChI=1S/C21H31N3O3/c1-14-15(2)20(26-5)7-6-18(14)21-22-19(16(3)27-21)13-24-10-9-23(4)17(12-24)8-11-25/h6-7,17,25H,8-13H2,1-5H3/t17-/m0/s1. The third-order valence-corrected chi connectivity index (χ3v) is 5.78. The van der Waals surface area contributed by atoms with Crippen molar-refractivity contribution < 1.29 is 14.3 Å². The molecule has 0 radical (unpaired) electrons. The highest BCUT2D eigenvalue weighted by atomic mass is 16.5. The number of aliphatic hydroxyl groups is 1. The van der Waals surface area contributed by atoms with Crippen molar-refractivity contribution >= 4 is 0 Å². The predicted molar refractivity (Wildman–Crippen MR) is 106 cm³/mol. The fourth-order valence-corrected chi connectivity index (χ4v) is 3.77. The fourth-order valence-electron chi connectivity index (χ4n) is 3.77. The average molecular weight is 373 g/mol. The topological polar surface area (TPSA) is 62.0 Å². The zero-order chi connectivity index (χ0) is 19.6. The smallest absolute Gasteiger partial charge is 0.226 e. The van der Waals surface area contributed by atoms with Gasteiger partial charge in [0.05, 0.1) is 12.8 Å². The zero-order valence-corrected chi connectivity index (χ0v) is 17.1. The summed E-state index contributed by atoms with van der Waals surface area (Å²) in [7, 11) is 3.82. The molecule has 0 unspecified atom stereocenters. The first kappa shape index (κ1) is 19.9. The number of ether oxygens (including phenoxy) is 1. The molecule has 1 saturated heterocycles. The summed E-state index contributed by atoms with van der Waals surface area (Å²) in [4.78, 5) is 9.54. The highest BCUT2D eigenvalue weighted by molar-refractivity contribution is 5.63. The maximum atomic E-state index is 9.29.